The van der Waals surface area contributed by atoms with Gasteiger partial charge < -0.3 is 9.16 Å². The molecule has 0 spiro atoms. The molecule has 0 atom stereocenters. The highest BCUT2D eigenvalue weighted by molar-refractivity contribution is 6.74. The van der Waals surface area contributed by atoms with Gasteiger partial charge in [0.1, 0.15) is 6.61 Å². The molecule has 122 valence electrons. The molecule has 0 saturated carbocycles. The number of ketones is 1. The van der Waals surface area contributed by atoms with Crippen molar-refractivity contribution in [2.45, 2.75) is 45.8 Å². The number of esters is 1. The van der Waals surface area contributed by atoms with Gasteiger partial charge in [-0.15, -0.1) is 0 Å². The Hall–Kier alpha value is -1.46. The second kappa shape index (κ2) is 7.20. The Bertz CT molecular complexity index is 527. The Morgan fingerprint density at radius 1 is 1.00 bits per heavy atom. The Balaban J connectivity index is 2.45. The van der Waals surface area contributed by atoms with Gasteiger partial charge in [0, 0.05) is 5.56 Å². The molecule has 0 N–H and O–H groups in total. The molecule has 0 amide bonds. The fourth-order valence-corrected chi connectivity index (χ4v) is 2.60. The zero-order valence-corrected chi connectivity index (χ0v) is 15.4. The van der Waals surface area contributed by atoms with Crippen LogP contribution in [0.25, 0.3) is 0 Å². The first-order chi connectivity index (χ1) is 10.0. The van der Waals surface area contributed by atoms with E-state index in [0.717, 1.165) is 0 Å². The summed E-state index contributed by atoms with van der Waals surface area (Å²) in [5, 5.41) is 0.138. The summed E-state index contributed by atoms with van der Waals surface area (Å²) in [4.78, 5) is 23.1. The van der Waals surface area contributed by atoms with E-state index in [1.807, 2.05) is 0 Å². The predicted molar refractivity (Wildman–Crippen MR) is 89.9 cm³/mol. The average Bonchev–Trinajstić information content (AvgIpc) is 2.42. The minimum Gasteiger partial charge on any atom is -0.460 e. The molecule has 0 saturated heterocycles. The normalized spacial score (nSPS) is 12.1. The fourth-order valence-electron chi connectivity index (χ4n) is 1.57. The largest absolute Gasteiger partial charge is 0.460 e. The molecule has 0 aliphatic carbocycles. The molecule has 0 heterocycles. The van der Waals surface area contributed by atoms with Gasteiger partial charge in [0.2, 0.25) is 0 Å². The van der Waals surface area contributed by atoms with Gasteiger partial charge in [-0.05, 0) is 37.2 Å². The van der Waals surface area contributed by atoms with E-state index in [2.05, 4.69) is 33.9 Å². The number of Topliss-reactive ketones (excluding diaryl/α,β-unsaturated/α-hetero) is 1. The van der Waals surface area contributed by atoms with Gasteiger partial charge in [-0.1, -0.05) is 32.9 Å². The number of benzene rings is 1. The lowest BCUT2D eigenvalue weighted by Gasteiger charge is -2.36. The highest BCUT2D eigenvalue weighted by Crippen LogP contribution is 2.36. The van der Waals surface area contributed by atoms with Crippen LogP contribution in [-0.4, -0.2) is 33.3 Å². The molecule has 0 aromatic heterocycles. The van der Waals surface area contributed by atoms with Crippen LogP contribution in [-0.2, 0) is 9.16 Å². The Morgan fingerprint density at radius 2 is 1.50 bits per heavy atom. The van der Waals surface area contributed by atoms with E-state index in [9.17, 15) is 9.59 Å². The first-order valence-corrected chi connectivity index (χ1v) is 10.4. The highest BCUT2D eigenvalue weighted by Gasteiger charge is 2.36. The van der Waals surface area contributed by atoms with Gasteiger partial charge >= 0.3 is 5.97 Å². The van der Waals surface area contributed by atoms with Crippen molar-refractivity contribution < 1.29 is 18.8 Å². The maximum atomic E-state index is 11.9. The van der Waals surface area contributed by atoms with Crippen molar-refractivity contribution in [3.8, 4) is 0 Å². The van der Waals surface area contributed by atoms with E-state index in [4.69, 9.17) is 9.16 Å². The topological polar surface area (TPSA) is 52.6 Å². The van der Waals surface area contributed by atoms with Crippen LogP contribution in [0.2, 0.25) is 18.1 Å². The SMILES string of the molecule is CC(=O)c1ccc(C(=O)OCCO[Si](C)(C)C(C)(C)C)cc1. The molecule has 0 aliphatic rings. The van der Waals surface area contributed by atoms with Gasteiger partial charge in [0.25, 0.3) is 0 Å². The van der Waals surface area contributed by atoms with Crippen molar-refractivity contribution >= 4 is 20.1 Å². The molecule has 0 unspecified atom stereocenters. The zero-order chi connectivity index (χ0) is 17.0. The molecular weight excluding hydrogens is 296 g/mol. The molecule has 0 fully saturated rings. The summed E-state index contributed by atoms with van der Waals surface area (Å²) in [7, 11) is -1.81. The third-order valence-corrected chi connectivity index (χ3v) is 8.65. The number of carbonyl (C=O) groups is 2. The van der Waals surface area contributed by atoms with E-state index < -0.39 is 14.3 Å². The van der Waals surface area contributed by atoms with Gasteiger partial charge in [-0.2, -0.15) is 0 Å². The minimum absolute atomic E-state index is 0.0253. The second-order valence-electron chi connectivity index (χ2n) is 6.88. The van der Waals surface area contributed by atoms with Gasteiger partial charge in [0.15, 0.2) is 14.1 Å². The summed E-state index contributed by atoms with van der Waals surface area (Å²) < 4.78 is 11.2. The molecule has 0 bridgehead atoms. The third-order valence-electron chi connectivity index (χ3n) is 4.11. The minimum atomic E-state index is -1.81. The number of hydrogen-bond acceptors (Lipinski definition) is 4. The van der Waals surface area contributed by atoms with Crippen LogP contribution < -0.4 is 0 Å². The quantitative estimate of drug-likeness (QED) is 0.343. The van der Waals surface area contributed by atoms with E-state index in [0.29, 0.717) is 17.7 Å². The van der Waals surface area contributed by atoms with Gasteiger partial charge in [0.05, 0.1) is 12.2 Å². The van der Waals surface area contributed by atoms with E-state index in [-0.39, 0.29) is 17.4 Å². The summed E-state index contributed by atoms with van der Waals surface area (Å²) in [5.41, 5.74) is 1.02. The predicted octanol–water partition coefficient (Wildman–Crippen LogP) is 4.07. The Kier molecular flexibility index (Phi) is 6.08. The summed E-state index contributed by atoms with van der Waals surface area (Å²) >= 11 is 0. The molecule has 0 radical (unpaired) electrons. The van der Waals surface area contributed by atoms with Crippen LogP contribution >= 0.6 is 0 Å². The van der Waals surface area contributed by atoms with E-state index >= 15 is 0 Å². The molecule has 1 rings (SSSR count). The Morgan fingerprint density at radius 3 is 1.95 bits per heavy atom. The van der Waals surface area contributed by atoms with Gasteiger partial charge in [-0.25, -0.2) is 4.79 Å². The average molecular weight is 322 g/mol. The number of ether oxygens (including phenoxy) is 1. The molecule has 0 aliphatic heterocycles. The van der Waals surface area contributed by atoms with Gasteiger partial charge in [-0.3, -0.25) is 4.79 Å². The smallest absolute Gasteiger partial charge is 0.338 e. The molecule has 1 aromatic carbocycles. The van der Waals surface area contributed by atoms with Crippen LogP contribution in [0.15, 0.2) is 24.3 Å². The lowest BCUT2D eigenvalue weighted by Crippen LogP contribution is -2.41. The van der Waals surface area contributed by atoms with Crippen molar-refractivity contribution in [2.24, 2.45) is 0 Å². The van der Waals surface area contributed by atoms with Crippen molar-refractivity contribution in [3.63, 3.8) is 0 Å². The molecular formula is C17H26O4Si. The van der Waals surface area contributed by atoms with Crippen LogP contribution in [0.5, 0.6) is 0 Å². The van der Waals surface area contributed by atoms with Crippen molar-refractivity contribution in [1.82, 2.24) is 0 Å². The molecule has 4 nitrogen and oxygen atoms in total. The van der Waals surface area contributed by atoms with Crippen molar-refractivity contribution in [2.75, 3.05) is 13.2 Å². The maximum absolute atomic E-state index is 11.9. The van der Waals surface area contributed by atoms with Crippen LogP contribution in [0.3, 0.4) is 0 Å². The first-order valence-electron chi connectivity index (χ1n) is 7.47. The number of hydrogen-bond donors (Lipinski definition) is 0. The number of carbonyl (C=O) groups excluding carboxylic acids is 2. The van der Waals surface area contributed by atoms with E-state index in [1.165, 1.54) is 6.92 Å². The third kappa shape index (κ3) is 5.07. The lowest BCUT2D eigenvalue weighted by atomic mass is 10.1. The number of rotatable bonds is 6. The second-order valence-corrected chi connectivity index (χ2v) is 11.7. The Labute approximate surface area is 134 Å². The van der Waals surface area contributed by atoms with Crippen molar-refractivity contribution in [1.29, 1.82) is 0 Å². The molecule has 5 heteroatoms. The standard InChI is InChI=1S/C17H26O4Si/c1-13(18)14-7-9-15(10-8-14)16(19)20-11-12-21-22(5,6)17(2,3)4/h7-10H,11-12H2,1-6H3. The molecule has 1 aromatic rings. The first kappa shape index (κ1) is 18.6. The summed E-state index contributed by atoms with van der Waals surface area (Å²) in [5.74, 6) is -0.420. The maximum Gasteiger partial charge on any atom is 0.338 e. The highest BCUT2D eigenvalue weighted by atomic mass is 28.4. The summed E-state index contributed by atoms with van der Waals surface area (Å²) in [6.45, 7) is 13.0. The monoisotopic (exact) mass is 322 g/mol. The molecule has 22 heavy (non-hydrogen) atoms. The van der Waals surface area contributed by atoms with Crippen LogP contribution in [0, 0.1) is 0 Å². The zero-order valence-electron chi connectivity index (χ0n) is 14.4. The fraction of sp³-hybridized carbons (Fsp3) is 0.529. The van der Waals surface area contributed by atoms with Crippen LogP contribution in [0.1, 0.15) is 48.4 Å². The van der Waals surface area contributed by atoms with Crippen molar-refractivity contribution in [3.05, 3.63) is 35.4 Å². The van der Waals surface area contributed by atoms with E-state index in [1.54, 1.807) is 24.3 Å². The summed E-state index contributed by atoms with van der Waals surface area (Å²) in [6.07, 6.45) is 0. The summed E-state index contributed by atoms with van der Waals surface area (Å²) in [6, 6.07) is 6.47. The van der Waals surface area contributed by atoms with Crippen LogP contribution in [0.4, 0.5) is 0 Å². The lowest BCUT2D eigenvalue weighted by molar-refractivity contribution is 0.0441.